The van der Waals surface area contributed by atoms with Crippen molar-refractivity contribution in [3.8, 4) is 11.4 Å². The summed E-state index contributed by atoms with van der Waals surface area (Å²) in [5.74, 6) is 0.151. The standard InChI is InChI=1S/C11H11FN4S/c1-17-9-5-15-11(16-10(9)14)7-3-2-6(13)4-8(7)12/h2-5H,13H2,1H3,(H2,14,15,16). The molecule has 2 aromatic rings. The van der Waals surface area contributed by atoms with E-state index in [2.05, 4.69) is 9.97 Å². The molecule has 0 fully saturated rings. The first-order valence-electron chi connectivity index (χ1n) is 4.83. The van der Waals surface area contributed by atoms with Crippen molar-refractivity contribution in [2.75, 3.05) is 17.7 Å². The summed E-state index contributed by atoms with van der Waals surface area (Å²) in [5.41, 5.74) is 11.9. The average molecular weight is 250 g/mol. The van der Waals surface area contributed by atoms with Crippen molar-refractivity contribution in [1.82, 2.24) is 9.97 Å². The smallest absolute Gasteiger partial charge is 0.164 e. The zero-order valence-corrected chi connectivity index (χ0v) is 9.96. The molecule has 0 aliphatic rings. The SMILES string of the molecule is CSc1cnc(-c2ccc(N)cc2F)nc1N. The van der Waals surface area contributed by atoms with Crippen LogP contribution in [-0.2, 0) is 0 Å². The fourth-order valence-electron chi connectivity index (χ4n) is 1.38. The Kier molecular flexibility index (Phi) is 3.14. The summed E-state index contributed by atoms with van der Waals surface area (Å²) in [6.45, 7) is 0. The van der Waals surface area contributed by atoms with Gasteiger partial charge in [0.15, 0.2) is 5.82 Å². The third-order valence-electron chi connectivity index (χ3n) is 2.24. The van der Waals surface area contributed by atoms with E-state index in [0.29, 0.717) is 17.1 Å². The second-order valence-electron chi connectivity index (χ2n) is 3.39. The Hall–Kier alpha value is -1.82. The predicted molar refractivity (Wildman–Crippen MR) is 68.0 cm³/mol. The fraction of sp³-hybridized carbons (Fsp3) is 0.0909. The highest BCUT2D eigenvalue weighted by Gasteiger charge is 2.10. The minimum atomic E-state index is -0.457. The van der Waals surface area contributed by atoms with Gasteiger partial charge in [-0.3, -0.25) is 0 Å². The molecule has 1 aromatic heterocycles. The number of benzene rings is 1. The van der Waals surface area contributed by atoms with E-state index < -0.39 is 5.82 Å². The molecule has 0 aliphatic carbocycles. The lowest BCUT2D eigenvalue weighted by Gasteiger charge is -2.05. The maximum absolute atomic E-state index is 13.6. The van der Waals surface area contributed by atoms with E-state index in [1.54, 1.807) is 12.3 Å². The quantitative estimate of drug-likeness (QED) is 0.631. The summed E-state index contributed by atoms with van der Waals surface area (Å²) >= 11 is 1.44. The maximum atomic E-state index is 13.6. The van der Waals surface area contributed by atoms with E-state index >= 15 is 0 Å². The normalized spacial score (nSPS) is 10.5. The Morgan fingerprint density at radius 1 is 1.29 bits per heavy atom. The van der Waals surface area contributed by atoms with Gasteiger partial charge in [0.2, 0.25) is 0 Å². The van der Waals surface area contributed by atoms with Gasteiger partial charge >= 0.3 is 0 Å². The number of hydrogen-bond donors (Lipinski definition) is 2. The second kappa shape index (κ2) is 4.58. The van der Waals surface area contributed by atoms with E-state index in [-0.39, 0.29) is 5.82 Å². The Bertz CT molecular complexity index is 559. The van der Waals surface area contributed by atoms with Crippen molar-refractivity contribution in [3.63, 3.8) is 0 Å². The topological polar surface area (TPSA) is 77.8 Å². The Morgan fingerprint density at radius 3 is 2.65 bits per heavy atom. The minimum Gasteiger partial charge on any atom is -0.399 e. The van der Waals surface area contributed by atoms with Crippen LogP contribution in [0.25, 0.3) is 11.4 Å². The van der Waals surface area contributed by atoms with Crippen molar-refractivity contribution in [2.45, 2.75) is 4.90 Å². The summed E-state index contributed by atoms with van der Waals surface area (Å²) in [6, 6.07) is 4.37. The molecule has 0 radical (unpaired) electrons. The zero-order chi connectivity index (χ0) is 12.4. The van der Waals surface area contributed by atoms with E-state index in [4.69, 9.17) is 11.5 Å². The van der Waals surface area contributed by atoms with Crippen LogP contribution in [0, 0.1) is 5.82 Å². The summed E-state index contributed by atoms with van der Waals surface area (Å²) < 4.78 is 13.6. The molecule has 0 saturated heterocycles. The molecule has 0 saturated carbocycles. The Balaban J connectivity index is 2.50. The van der Waals surface area contributed by atoms with E-state index in [0.717, 1.165) is 4.90 Å². The summed E-state index contributed by atoms with van der Waals surface area (Å²) in [7, 11) is 0. The number of rotatable bonds is 2. The molecule has 0 amide bonds. The van der Waals surface area contributed by atoms with E-state index in [1.807, 2.05) is 6.26 Å². The van der Waals surface area contributed by atoms with Crippen molar-refractivity contribution in [2.24, 2.45) is 0 Å². The van der Waals surface area contributed by atoms with Crippen LogP contribution in [0.1, 0.15) is 0 Å². The van der Waals surface area contributed by atoms with Crippen molar-refractivity contribution in [1.29, 1.82) is 0 Å². The maximum Gasteiger partial charge on any atom is 0.164 e. The van der Waals surface area contributed by atoms with Gasteiger partial charge in [-0.05, 0) is 24.5 Å². The predicted octanol–water partition coefficient (Wildman–Crippen LogP) is 2.17. The molecule has 0 aliphatic heterocycles. The first-order valence-corrected chi connectivity index (χ1v) is 6.06. The molecule has 0 spiro atoms. The van der Waals surface area contributed by atoms with Crippen molar-refractivity contribution in [3.05, 3.63) is 30.2 Å². The highest BCUT2D eigenvalue weighted by molar-refractivity contribution is 7.98. The molecule has 0 atom stereocenters. The second-order valence-corrected chi connectivity index (χ2v) is 4.23. The number of hydrogen-bond acceptors (Lipinski definition) is 5. The molecule has 4 nitrogen and oxygen atoms in total. The van der Waals surface area contributed by atoms with E-state index in [9.17, 15) is 4.39 Å². The van der Waals surface area contributed by atoms with Gasteiger partial charge in [-0.25, -0.2) is 14.4 Å². The van der Waals surface area contributed by atoms with Gasteiger partial charge in [-0.2, -0.15) is 0 Å². The highest BCUT2D eigenvalue weighted by atomic mass is 32.2. The fourth-order valence-corrected chi connectivity index (χ4v) is 1.80. The van der Waals surface area contributed by atoms with Crippen LogP contribution in [0.5, 0.6) is 0 Å². The Morgan fingerprint density at radius 2 is 2.06 bits per heavy atom. The van der Waals surface area contributed by atoms with Crippen LogP contribution in [0.3, 0.4) is 0 Å². The Labute approximate surface area is 102 Å². The van der Waals surface area contributed by atoms with Gasteiger partial charge in [0.1, 0.15) is 11.6 Å². The first-order chi connectivity index (χ1) is 8.11. The minimum absolute atomic E-state index is 0.262. The number of thioether (sulfide) groups is 1. The summed E-state index contributed by atoms with van der Waals surface area (Å²) in [4.78, 5) is 8.92. The van der Waals surface area contributed by atoms with Crippen molar-refractivity contribution >= 4 is 23.3 Å². The number of halogens is 1. The monoisotopic (exact) mass is 250 g/mol. The zero-order valence-electron chi connectivity index (χ0n) is 9.14. The number of anilines is 2. The molecular formula is C11H11FN4S. The summed E-state index contributed by atoms with van der Waals surface area (Å²) in [5, 5.41) is 0. The average Bonchev–Trinajstić information content (AvgIpc) is 2.29. The van der Waals surface area contributed by atoms with Gasteiger partial charge in [-0.1, -0.05) is 0 Å². The van der Waals surface area contributed by atoms with Gasteiger partial charge in [0, 0.05) is 11.9 Å². The molecule has 4 N–H and O–H groups in total. The van der Waals surface area contributed by atoms with Gasteiger partial charge in [-0.15, -0.1) is 11.8 Å². The van der Waals surface area contributed by atoms with Crippen LogP contribution in [0.2, 0.25) is 0 Å². The van der Waals surface area contributed by atoms with Gasteiger partial charge in [0.05, 0.1) is 10.5 Å². The number of nitrogens with zero attached hydrogens (tertiary/aromatic N) is 2. The number of aromatic nitrogens is 2. The molecule has 2 rings (SSSR count). The van der Waals surface area contributed by atoms with Crippen molar-refractivity contribution < 1.29 is 4.39 Å². The molecule has 1 heterocycles. The van der Waals surface area contributed by atoms with Crippen LogP contribution >= 0.6 is 11.8 Å². The number of nitrogen functional groups attached to an aromatic ring is 2. The summed E-state index contributed by atoms with van der Waals surface area (Å²) in [6.07, 6.45) is 3.46. The third kappa shape index (κ3) is 2.31. The van der Waals surface area contributed by atoms with Gasteiger partial charge < -0.3 is 11.5 Å². The molecular weight excluding hydrogens is 239 g/mol. The van der Waals surface area contributed by atoms with Crippen LogP contribution in [-0.4, -0.2) is 16.2 Å². The highest BCUT2D eigenvalue weighted by Crippen LogP contribution is 2.25. The van der Waals surface area contributed by atoms with E-state index in [1.165, 1.54) is 23.9 Å². The lowest BCUT2D eigenvalue weighted by Crippen LogP contribution is -1.99. The third-order valence-corrected chi connectivity index (χ3v) is 2.99. The molecule has 6 heteroatoms. The van der Waals surface area contributed by atoms with Crippen LogP contribution in [0.15, 0.2) is 29.3 Å². The molecule has 88 valence electrons. The molecule has 0 unspecified atom stereocenters. The molecule has 17 heavy (non-hydrogen) atoms. The largest absolute Gasteiger partial charge is 0.399 e. The molecule has 1 aromatic carbocycles. The molecule has 0 bridgehead atoms. The van der Waals surface area contributed by atoms with Crippen LogP contribution < -0.4 is 11.5 Å². The lowest BCUT2D eigenvalue weighted by atomic mass is 10.2. The number of nitrogens with two attached hydrogens (primary N) is 2. The first kappa shape index (κ1) is 11.7. The van der Waals surface area contributed by atoms with Crippen LogP contribution in [0.4, 0.5) is 15.9 Å². The lowest BCUT2D eigenvalue weighted by molar-refractivity contribution is 0.630. The van der Waals surface area contributed by atoms with Gasteiger partial charge in [0.25, 0.3) is 0 Å².